The molecule has 0 aliphatic heterocycles. The molecule has 0 spiro atoms. The van der Waals surface area contributed by atoms with Gasteiger partial charge in [0.25, 0.3) is 0 Å². The lowest BCUT2D eigenvalue weighted by Crippen LogP contribution is -1.83. The lowest BCUT2D eigenvalue weighted by atomic mass is 10.1. The van der Waals surface area contributed by atoms with Crippen molar-refractivity contribution in [1.82, 2.24) is 10.2 Å². The molecular weight excluding hydrogens is 296 g/mol. The van der Waals surface area contributed by atoms with Gasteiger partial charge in [0.15, 0.2) is 0 Å². The Labute approximate surface area is 105 Å². The summed E-state index contributed by atoms with van der Waals surface area (Å²) in [6.45, 7) is 2.06. The van der Waals surface area contributed by atoms with Crippen LogP contribution in [0.15, 0.2) is 22.7 Å². The Morgan fingerprint density at radius 2 is 2.20 bits per heavy atom. The second-order valence-electron chi connectivity index (χ2n) is 3.05. The molecular formula is C10H8BrClN2S. The van der Waals surface area contributed by atoms with Crippen LogP contribution in [-0.4, -0.2) is 10.2 Å². The van der Waals surface area contributed by atoms with Crippen molar-refractivity contribution in [1.29, 1.82) is 0 Å². The monoisotopic (exact) mass is 302 g/mol. The lowest BCUT2D eigenvalue weighted by molar-refractivity contribution is 1.04. The number of hydrogen-bond donors (Lipinski definition) is 0. The van der Waals surface area contributed by atoms with Crippen LogP contribution in [0.5, 0.6) is 0 Å². The molecule has 0 N–H and O–H groups in total. The first-order chi connectivity index (χ1) is 7.22. The average molecular weight is 304 g/mol. The molecule has 2 rings (SSSR count). The molecule has 0 radical (unpaired) electrons. The summed E-state index contributed by atoms with van der Waals surface area (Å²) < 4.78 is 1.09. The van der Waals surface area contributed by atoms with Crippen LogP contribution in [0, 0.1) is 6.92 Å². The predicted molar refractivity (Wildman–Crippen MR) is 67.3 cm³/mol. The number of rotatable bonds is 2. The first-order valence-electron chi connectivity index (χ1n) is 4.36. The van der Waals surface area contributed by atoms with Crippen molar-refractivity contribution in [2.24, 2.45) is 0 Å². The van der Waals surface area contributed by atoms with E-state index in [1.54, 1.807) is 0 Å². The molecule has 2 nitrogen and oxygen atoms in total. The molecule has 0 amide bonds. The van der Waals surface area contributed by atoms with Crippen LogP contribution < -0.4 is 0 Å². The van der Waals surface area contributed by atoms with E-state index in [9.17, 15) is 0 Å². The van der Waals surface area contributed by atoms with Gasteiger partial charge in [-0.2, -0.15) is 0 Å². The van der Waals surface area contributed by atoms with Gasteiger partial charge in [-0.15, -0.1) is 21.8 Å². The zero-order valence-electron chi connectivity index (χ0n) is 8.00. The van der Waals surface area contributed by atoms with Gasteiger partial charge < -0.3 is 0 Å². The van der Waals surface area contributed by atoms with Gasteiger partial charge in [0.2, 0.25) is 0 Å². The van der Waals surface area contributed by atoms with Gasteiger partial charge in [-0.3, -0.25) is 0 Å². The van der Waals surface area contributed by atoms with Crippen molar-refractivity contribution >= 4 is 38.9 Å². The normalized spacial score (nSPS) is 10.6. The molecule has 1 aromatic heterocycles. The smallest absolute Gasteiger partial charge is 0.142 e. The summed E-state index contributed by atoms with van der Waals surface area (Å²) in [7, 11) is 0. The summed E-state index contributed by atoms with van der Waals surface area (Å²) in [5.74, 6) is 0.421. The summed E-state index contributed by atoms with van der Waals surface area (Å²) in [6.07, 6.45) is 0. The zero-order chi connectivity index (χ0) is 10.8. The molecule has 1 heterocycles. The average Bonchev–Trinajstić information content (AvgIpc) is 2.70. The fourth-order valence-electron chi connectivity index (χ4n) is 1.26. The Morgan fingerprint density at radius 1 is 1.40 bits per heavy atom. The molecule has 0 bridgehead atoms. The standard InChI is InChI=1S/C10H8BrClN2S/c1-6-7(3-2-4-8(6)11)10-14-13-9(5-12)15-10/h2-4H,5H2,1H3. The highest BCUT2D eigenvalue weighted by molar-refractivity contribution is 9.10. The van der Waals surface area contributed by atoms with Gasteiger partial charge in [-0.1, -0.05) is 39.4 Å². The molecule has 0 fully saturated rings. The number of alkyl halides is 1. The Morgan fingerprint density at radius 3 is 2.87 bits per heavy atom. The van der Waals surface area contributed by atoms with Crippen LogP contribution >= 0.6 is 38.9 Å². The van der Waals surface area contributed by atoms with Crippen LogP contribution in [0.1, 0.15) is 10.6 Å². The van der Waals surface area contributed by atoms with Gasteiger partial charge in [-0.05, 0) is 18.6 Å². The van der Waals surface area contributed by atoms with Crippen molar-refractivity contribution < 1.29 is 0 Å². The molecule has 78 valence electrons. The van der Waals surface area contributed by atoms with E-state index < -0.39 is 0 Å². The Hall–Kier alpha value is -0.450. The van der Waals surface area contributed by atoms with Gasteiger partial charge in [0, 0.05) is 10.0 Å². The Bertz CT molecular complexity index is 484. The minimum atomic E-state index is 0.421. The quantitative estimate of drug-likeness (QED) is 0.783. The number of benzene rings is 1. The summed E-state index contributed by atoms with van der Waals surface area (Å²) in [5.41, 5.74) is 2.29. The first-order valence-corrected chi connectivity index (χ1v) is 6.50. The van der Waals surface area contributed by atoms with Gasteiger partial charge >= 0.3 is 0 Å². The second-order valence-corrected chi connectivity index (χ2v) is 5.23. The summed E-state index contributed by atoms with van der Waals surface area (Å²) in [4.78, 5) is 0. The van der Waals surface area contributed by atoms with Crippen LogP contribution in [0.2, 0.25) is 0 Å². The molecule has 15 heavy (non-hydrogen) atoms. The third-order valence-corrected chi connectivity index (χ3v) is 4.31. The van der Waals surface area contributed by atoms with Crippen LogP contribution in [0.3, 0.4) is 0 Å². The van der Waals surface area contributed by atoms with Crippen LogP contribution in [-0.2, 0) is 5.88 Å². The third kappa shape index (κ3) is 2.22. The van der Waals surface area contributed by atoms with Crippen molar-refractivity contribution in [3.05, 3.63) is 33.2 Å². The number of halogens is 2. The maximum Gasteiger partial charge on any atom is 0.148 e. The minimum absolute atomic E-state index is 0.421. The maximum atomic E-state index is 5.70. The fraction of sp³-hybridized carbons (Fsp3) is 0.200. The number of nitrogens with zero attached hydrogens (tertiary/aromatic N) is 2. The zero-order valence-corrected chi connectivity index (χ0v) is 11.2. The molecule has 0 unspecified atom stereocenters. The molecule has 0 atom stereocenters. The highest BCUT2D eigenvalue weighted by atomic mass is 79.9. The van der Waals surface area contributed by atoms with Crippen molar-refractivity contribution in [3.8, 4) is 10.6 Å². The topological polar surface area (TPSA) is 25.8 Å². The van der Waals surface area contributed by atoms with Crippen LogP contribution in [0.4, 0.5) is 0 Å². The number of aromatic nitrogens is 2. The largest absolute Gasteiger partial charge is 0.148 e. The summed E-state index contributed by atoms with van der Waals surface area (Å²) >= 11 is 10.7. The molecule has 1 aromatic carbocycles. The number of hydrogen-bond acceptors (Lipinski definition) is 3. The third-order valence-electron chi connectivity index (χ3n) is 2.08. The molecule has 5 heteroatoms. The van der Waals surface area contributed by atoms with Gasteiger partial charge in [0.1, 0.15) is 10.0 Å². The molecule has 0 saturated heterocycles. The Balaban J connectivity index is 2.49. The molecule has 0 aliphatic carbocycles. The van der Waals surface area contributed by atoms with E-state index >= 15 is 0 Å². The fourth-order valence-corrected chi connectivity index (χ4v) is 2.61. The molecule has 0 aliphatic rings. The summed E-state index contributed by atoms with van der Waals surface area (Å²) in [6, 6.07) is 6.05. The minimum Gasteiger partial charge on any atom is -0.142 e. The van der Waals surface area contributed by atoms with Crippen molar-refractivity contribution in [2.45, 2.75) is 12.8 Å². The molecule has 2 aromatic rings. The maximum absolute atomic E-state index is 5.70. The van der Waals surface area contributed by atoms with Gasteiger partial charge in [-0.25, -0.2) is 0 Å². The van der Waals surface area contributed by atoms with E-state index in [0.717, 1.165) is 20.1 Å². The van der Waals surface area contributed by atoms with Gasteiger partial charge in [0.05, 0.1) is 5.88 Å². The second kappa shape index (κ2) is 4.60. The van der Waals surface area contributed by atoms with Crippen LogP contribution in [0.25, 0.3) is 10.6 Å². The van der Waals surface area contributed by atoms with Crippen molar-refractivity contribution in [3.63, 3.8) is 0 Å². The Kier molecular flexibility index (Phi) is 3.38. The highest BCUT2D eigenvalue weighted by Gasteiger charge is 2.09. The van der Waals surface area contributed by atoms with E-state index in [0.29, 0.717) is 5.88 Å². The summed E-state index contributed by atoms with van der Waals surface area (Å²) in [5, 5.41) is 9.90. The first kappa shape index (κ1) is 11.0. The lowest BCUT2D eigenvalue weighted by Gasteiger charge is -2.02. The van der Waals surface area contributed by atoms with E-state index in [2.05, 4.69) is 33.1 Å². The van der Waals surface area contributed by atoms with Crippen molar-refractivity contribution in [2.75, 3.05) is 0 Å². The molecule has 0 saturated carbocycles. The van der Waals surface area contributed by atoms with E-state index in [1.807, 2.05) is 18.2 Å². The van der Waals surface area contributed by atoms with E-state index in [1.165, 1.54) is 16.9 Å². The highest BCUT2D eigenvalue weighted by Crippen LogP contribution is 2.30. The SMILES string of the molecule is Cc1c(Br)cccc1-c1nnc(CCl)s1. The van der Waals surface area contributed by atoms with E-state index in [-0.39, 0.29) is 0 Å². The van der Waals surface area contributed by atoms with E-state index in [4.69, 9.17) is 11.6 Å². The predicted octanol–water partition coefficient (Wildman–Crippen LogP) is 4.01.